The van der Waals surface area contributed by atoms with Gasteiger partial charge in [-0.2, -0.15) is 0 Å². The molecule has 0 aliphatic carbocycles. The van der Waals surface area contributed by atoms with Crippen LogP contribution in [0.2, 0.25) is 0 Å². The summed E-state index contributed by atoms with van der Waals surface area (Å²) in [4.78, 5) is 4.64. The second-order valence-corrected chi connectivity index (χ2v) is 5.43. The zero-order valence-corrected chi connectivity index (χ0v) is 12.2. The smallest absolute Gasteiger partial charge is 0.140 e. The molecule has 0 atom stereocenters. The monoisotopic (exact) mass is 315 g/mol. The van der Waals surface area contributed by atoms with E-state index < -0.39 is 0 Å². The lowest BCUT2D eigenvalue weighted by Gasteiger charge is -2.04. The van der Waals surface area contributed by atoms with Gasteiger partial charge in [-0.1, -0.05) is 28.1 Å². The third-order valence-electron chi connectivity index (χ3n) is 3.03. The molecule has 2 heterocycles. The van der Waals surface area contributed by atoms with Crippen molar-refractivity contribution in [1.29, 1.82) is 0 Å². The van der Waals surface area contributed by atoms with Crippen LogP contribution in [0.1, 0.15) is 11.3 Å². The van der Waals surface area contributed by atoms with Crippen molar-refractivity contribution in [1.82, 2.24) is 9.38 Å². The maximum Gasteiger partial charge on any atom is 0.140 e. The molecule has 0 saturated heterocycles. The lowest BCUT2D eigenvalue weighted by Crippen LogP contribution is -1.99. The predicted molar refractivity (Wildman–Crippen MR) is 81.4 cm³/mol. The number of imidazole rings is 1. The molecule has 0 bridgehead atoms. The largest absolute Gasteiger partial charge is 0.379 e. The molecule has 0 radical (unpaired) electrons. The van der Waals surface area contributed by atoms with E-state index in [-0.39, 0.29) is 0 Å². The van der Waals surface area contributed by atoms with E-state index >= 15 is 0 Å². The van der Waals surface area contributed by atoms with Crippen molar-refractivity contribution < 1.29 is 0 Å². The van der Waals surface area contributed by atoms with Crippen molar-refractivity contribution in [2.75, 3.05) is 5.32 Å². The minimum atomic E-state index is 0.720. The molecule has 0 spiro atoms. The van der Waals surface area contributed by atoms with Crippen molar-refractivity contribution in [3.63, 3.8) is 0 Å². The minimum absolute atomic E-state index is 0.720. The summed E-state index contributed by atoms with van der Waals surface area (Å²) in [7, 11) is 0. The molecule has 19 heavy (non-hydrogen) atoms. The molecular weight excluding hydrogens is 302 g/mol. The van der Waals surface area contributed by atoms with Gasteiger partial charge >= 0.3 is 0 Å². The first-order valence-electron chi connectivity index (χ1n) is 6.15. The summed E-state index contributed by atoms with van der Waals surface area (Å²) in [5, 5.41) is 3.38. The molecule has 96 valence electrons. The lowest BCUT2D eigenvalue weighted by atomic mass is 10.3. The summed E-state index contributed by atoms with van der Waals surface area (Å²) in [6, 6.07) is 12.2. The van der Waals surface area contributed by atoms with Crippen molar-refractivity contribution >= 4 is 27.3 Å². The summed E-state index contributed by atoms with van der Waals surface area (Å²) in [5.74, 6) is 0. The molecule has 0 saturated carbocycles. The average Bonchev–Trinajstić information content (AvgIpc) is 2.81. The van der Waals surface area contributed by atoms with E-state index in [9.17, 15) is 0 Å². The Hall–Kier alpha value is -1.81. The zero-order chi connectivity index (χ0) is 13.2. The number of halogens is 1. The van der Waals surface area contributed by atoms with E-state index in [2.05, 4.69) is 55.9 Å². The first-order valence-corrected chi connectivity index (χ1v) is 6.94. The van der Waals surface area contributed by atoms with E-state index in [1.165, 1.54) is 5.56 Å². The number of hydrogen-bond acceptors (Lipinski definition) is 2. The van der Waals surface area contributed by atoms with Crippen molar-refractivity contribution in [3.8, 4) is 0 Å². The molecule has 0 unspecified atom stereocenters. The summed E-state index contributed by atoms with van der Waals surface area (Å²) >= 11 is 3.47. The maximum absolute atomic E-state index is 4.64. The average molecular weight is 316 g/mol. The molecule has 1 N–H and O–H groups in total. The van der Waals surface area contributed by atoms with E-state index in [1.807, 2.05) is 30.5 Å². The Morgan fingerprint density at radius 3 is 2.95 bits per heavy atom. The van der Waals surface area contributed by atoms with Gasteiger partial charge < -0.3 is 9.72 Å². The number of hydrogen-bond donors (Lipinski definition) is 1. The van der Waals surface area contributed by atoms with E-state index in [0.29, 0.717) is 0 Å². The first-order chi connectivity index (χ1) is 9.22. The van der Waals surface area contributed by atoms with Crippen LogP contribution in [0.25, 0.3) is 5.65 Å². The number of fused-ring (bicyclic) bond motifs is 1. The van der Waals surface area contributed by atoms with Gasteiger partial charge in [-0.3, -0.25) is 0 Å². The number of anilines is 1. The van der Waals surface area contributed by atoms with Gasteiger partial charge in [0, 0.05) is 22.6 Å². The fourth-order valence-electron chi connectivity index (χ4n) is 2.08. The van der Waals surface area contributed by atoms with Gasteiger partial charge in [0.15, 0.2) is 0 Å². The molecule has 1 aromatic carbocycles. The van der Waals surface area contributed by atoms with Crippen LogP contribution in [0.5, 0.6) is 0 Å². The van der Waals surface area contributed by atoms with Crippen LogP contribution in [-0.4, -0.2) is 9.38 Å². The molecule has 3 aromatic rings. The van der Waals surface area contributed by atoms with E-state index in [0.717, 1.165) is 28.0 Å². The second kappa shape index (κ2) is 5.05. The summed E-state index contributed by atoms with van der Waals surface area (Å²) < 4.78 is 3.14. The van der Waals surface area contributed by atoms with Gasteiger partial charge in [-0.15, -0.1) is 0 Å². The van der Waals surface area contributed by atoms with Crippen molar-refractivity contribution in [3.05, 3.63) is 64.5 Å². The molecule has 0 amide bonds. The normalized spacial score (nSPS) is 10.8. The van der Waals surface area contributed by atoms with Gasteiger partial charge in [-0.05, 0) is 36.8 Å². The lowest BCUT2D eigenvalue weighted by molar-refractivity contribution is 1.08. The molecule has 3 rings (SSSR count). The van der Waals surface area contributed by atoms with E-state index in [1.54, 1.807) is 0 Å². The molecule has 3 nitrogen and oxygen atoms in total. The number of aromatic nitrogens is 2. The highest BCUT2D eigenvalue weighted by Gasteiger charge is 2.03. The summed E-state index contributed by atoms with van der Waals surface area (Å²) in [5.41, 5.74) is 4.34. The molecule has 0 fully saturated rings. The van der Waals surface area contributed by atoms with E-state index in [4.69, 9.17) is 0 Å². The van der Waals surface area contributed by atoms with Crippen LogP contribution in [-0.2, 0) is 6.54 Å². The second-order valence-electron chi connectivity index (χ2n) is 4.52. The Labute approximate surface area is 120 Å². The van der Waals surface area contributed by atoms with Gasteiger partial charge in [-0.25, -0.2) is 4.98 Å². The number of nitrogens with zero attached hydrogens (tertiary/aromatic N) is 2. The number of pyridine rings is 1. The number of nitrogens with one attached hydrogen (secondary N) is 1. The number of aryl methyl sites for hydroxylation is 1. The zero-order valence-electron chi connectivity index (χ0n) is 10.6. The molecule has 0 aliphatic heterocycles. The van der Waals surface area contributed by atoms with Crippen LogP contribution >= 0.6 is 15.9 Å². The molecule has 2 aromatic heterocycles. The summed E-state index contributed by atoms with van der Waals surface area (Å²) in [6.45, 7) is 2.80. The standard InChI is InChI=1S/C15H14BrN3/c1-11-4-3-7-19-10-14(18-15(11)19)9-17-13-6-2-5-12(16)8-13/h2-8,10,17H,9H2,1H3. The third kappa shape index (κ3) is 2.63. The van der Waals surface area contributed by atoms with Crippen LogP contribution in [0.15, 0.2) is 53.3 Å². The van der Waals surface area contributed by atoms with Crippen LogP contribution in [0, 0.1) is 6.92 Å². The molecule has 4 heteroatoms. The Balaban J connectivity index is 1.80. The third-order valence-corrected chi connectivity index (χ3v) is 3.52. The van der Waals surface area contributed by atoms with Gasteiger partial charge in [0.1, 0.15) is 5.65 Å². The maximum atomic E-state index is 4.64. The highest BCUT2D eigenvalue weighted by molar-refractivity contribution is 9.10. The number of rotatable bonds is 3. The molecular formula is C15H14BrN3. The predicted octanol–water partition coefficient (Wildman–Crippen LogP) is 4.02. The highest BCUT2D eigenvalue weighted by Crippen LogP contribution is 2.17. The minimum Gasteiger partial charge on any atom is -0.379 e. The number of benzene rings is 1. The van der Waals surface area contributed by atoms with Gasteiger partial charge in [0.05, 0.1) is 12.2 Å². The van der Waals surface area contributed by atoms with Crippen molar-refractivity contribution in [2.45, 2.75) is 13.5 Å². The first kappa shape index (κ1) is 12.2. The fourth-order valence-corrected chi connectivity index (χ4v) is 2.48. The van der Waals surface area contributed by atoms with Gasteiger partial charge in [0.2, 0.25) is 0 Å². The van der Waals surface area contributed by atoms with Crippen LogP contribution in [0.3, 0.4) is 0 Å². The summed E-state index contributed by atoms with van der Waals surface area (Å²) in [6.07, 6.45) is 4.09. The van der Waals surface area contributed by atoms with Crippen LogP contribution < -0.4 is 5.32 Å². The Bertz CT molecular complexity index is 718. The van der Waals surface area contributed by atoms with Crippen LogP contribution in [0.4, 0.5) is 5.69 Å². The Morgan fingerprint density at radius 2 is 2.16 bits per heavy atom. The fraction of sp³-hybridized carbons (Fsp3) is 0.133. The topological polar surface area (TPSA) is 29.3 Å². The quantitative estimate of drug-likeness (QED) is 0.791. The Kier molecular flexibility index (Phi) is 3.25. The molecule has 0 aliphatic rings. The SMILES string of the molecule is Cc1cccn2cc(CNc3cccc(Br)c3)nc12. The van der Waals surface area contributed by atoms with Gasteiger partial charge in [0.25, 0.3) is 0 Å². The van der Waals surface area contributed by atoms with Crippen molar-refractivity contribution in [2.24, 2.45) is 0 Å². The highest BCUT2D eigenvalue weighted by atomic mass is 79.9. The Morgan fingerprint density at radius 1 is 1.26 bits per heavy atom.